The molecule has 6 nitrogen and oxygen atoms in total. The van der Waals surface area contributed by atoms with E-state index in [1.165, 1.54) is 0 Å². The van der Waals surface area contributed by atoms with Crippen LogP contribution in [0.5, 0.6) is 0 Å². The number of nitrogens with zero attached hydrogens (tertiary/aromatic N) is 2. The smallest absolute Gasteiger partial charge is 0.356 e. The lowest BCUT2D eigenvalue weighted by Crippen LogP contribution is -2.34. The van der Waals surface area contributed by atoms with Crippen LogP contribution in [-0.4, -0.2) is 26.9 Å². The minimum Gasteiger partial charge on any atom is -0.476 e. The Morgan fingerprint density at radius 1 is 1.41 bits per heavy atom. The molecular formula is C21H25N3O3. The summed E-state index contributed by atoms with van der Waals surface area (Å²) < 4.78 is 7.87. The van der Waals surface area contributed by atoms with E-state index in [0.717, 1.165) is 59.4 Å². The van der Waals surface area contributed by atoms with E-state index in [-0.39, 0.29) is 11.7 Å². The van der Waals surface area contributed by atoms with Gasteiger partial charge < -0.3 is 14.8 Å². The Morgan fingerprint density at radius 2 is 2.22 bits per heavy atom. The number of carboxylic acids is 1. The standard InChI is InChI=1S/C21H25N3O3/c1-3-10-24-17-9-8-14(11-16(17)20(23-24)21(25)26)22-12-19-13(2)15-6-4-5-7-18(15)27-19/h4-7,14,22H,3,8-12H2,1-2H3,(H,25,26). The average Bonchev–Trinajstić information content (AvgIpc) is 3.19. The molecule has 0 aliphatic heterocycles. The van der Waals surface area contributed by atoms with Crippen molar-refractivity contribution in [2.45, 2.75) is 58.7 Å². The van der Waals surface area contributed by atoms with Crippen molar-refractivity contribution < 1.29 is 14.3 Å². The lowest BCUT2D eigenvalue weighted by molar-refractivity contribution is 0.0688. The molecule has 4 rings (SSSR count). The topological polar surface area (TPSA) is 80.3 Å². The molecule has 1 aliphatic rings. The van der Waals surface area contributed by atoms with Crippen molar-refractivity contribution >= 4 is 16.9 Å². The zero-order valence-corrected chi connectivity index (χ0v) is 15.8. The first-order valence-electron chi connectivity index (χ1n) is 9.60. The third-order valence-corrected chi connectivity index (χ3v) is 5.48. The fraction of sp³-hybridized carbons (Fsp3) is 0.429. The Bertz CT molecular complexity index is 986. The molecule has 0 fully saturated rings. The molecule has 0 bridgehead atoms. The second-order valence-electron chi connectivity index (χ2n) is 7.27. The van der Waals surface area contributed by atoms with Crippen LogP contribution in [0.3, 0.4) is 0 Å². The minimum atomic E-state index is -0.935. The van der Waals surface area contributed by atoms with Gasteiger partial charge in [-0.25, -0.2) is 4.79 Å². The van der Waals surface area contributed by atoms with Gasteiger partial charge in [0, 0.05) is 29.2 Å². The van der Waals surface area contributed by atoms with E-state index < -0.39 is 5.97 Å². The number of rotatable bonds is 6. The van der Waals surface area contributed by atoms with E-state index in [1.54, 1.807) is 0 Å². The summed E-state index contributed by atoms with van der Waals surface area (Å²) in [5.41, 5.74) is 4.27. The quantitative estimate of drug-likeness (QED) is 0.694. The summed E-state index contributed by atoms with van der Waals surface area (Å²) in [6, 6.07) is 8.28. The molecule has 27 heavy (non-hydrogen) atoms. The largest absolute Gasteiger partial charge is 0.476 e. The van der Waals surface area contributed by atoms with E-state index >= 15 is 0 Å². The number of hydrogen-bond donors (Lipinski definition) is 2. The maximum absolute atomic E-state index is 11.6. The Balaban J connectivity index is 1.51. The second-order valence-corrected chi connectivity index (χ2v) is 7.27. The number of aromatic carboxylic acids is 1. The Kier molecular flexibility index (Phi) is 4.74. The summed E-state index contributed by atoms with van der Waals surface area (Å²) in [4.78, 5) is 11.6. The molecule has 1 unspecified atom stereocenters. The van der Waals surface area contributed by atoms with E-state index in [2.05, 4.69) is 30.3 Å². The monoisotopic (exact) mass is 367 g/mol. The number of furan rings is 1. The van der Waals surface area contributed by atoms with E-state index in [4.69, 9.17) is 4.42 Å². The van der Waals surface area contributed by atoms with Gasteiger partial charge in [0.2, 0.25) is 0 Å². The third-order valence-electron chi connectivity index (χ3n) is 5.48. The molecule has 1 aromatic carbocycles. The van der Waals surface area contributed by atoms with Crippen LogP contribution in [0.25, 0.3) is 11.0 Å². The van der Waals surface area contributed by atoms with Gasteiger partial charge in [0.05, 0.1) is 6.54 Å². The van der Waals surface area contributed by atoms with Gasteiger partial charge >= 0.3 is 5.97 Å². The normalized spacial score (nSPS) is 16.6. The number of carboxylic acid groups (broad SMARTS) is 1. The fourth-order valence-corrected chi connectivity index (χ4v) is 4.06. The van der Waals surface area contributed by atoms with Crippen molar-refractivity contribution in [2.75, 3.05) is 0 Å². The van der Waals surface area contributed by atoms with Gasteiger partial charge in [-0.3, -0.25) is 4.68 Å². The molecule has 0 amide bonds. The Labute approximate surface area is 158 Å². The predicted molar refractivity (Wildman–Crippen MR) is 103 cm³/mol. The molecule has 0 saturated heterocycles. The van der Waals surface area contributed by atoms with Gasteiger partial charge in [-0.15, -0.1) is 0 Å². The van der Waals surface area contributed by atoms with Crippen molar-refractivity contribution in [3.05, 3.63) is 52.5 Å². The number of hydrogen-bond acceptors (Lipinski definition) is 4. The number of fused-ring (bicyclic) bond motifs is 2. The van der Waals surface area contributed by atoms with E-state index in [1.807, 2.05) is 22.9 Å². The van der Waals surface area contributed by atoms with Gasteiger partial charge in [-0.1, -0.05) is 25.1 Å². The Morgan fingerprint density at radius 3 is 2.96 bits per heavy atom. The highest BCUT2D eigenvalue weighted by Gasteiger charge is 2.29. The molecule has 1 atom stereocenters. The summed E-state index contributed by atoms with van der Waals surface area (Å²) in [5.74, 6) is 0.0111. The summed E-state index contributed by atoms with van der Waals surface area (Å²) in [6.45, 7) is 5.58. The number of benzene rings is 1. The summed E-state index contributed by atoms with van der Waals surface area (Å²) in [5, 5.41) is 18.6. The minimum absolute atomic E-state index is 0.213. The molecule has 0 spiro atoms. The maximum Gasteiger partial charge on any atom is 0.356 e. The number of nitrogens with one attached hydrogen (secondary N) is 1. The molecule has 2 heterocycles. The van der Waals surface area contributed by atoms with Crippen LogP contribution in [0.15, 0.2) is 28.7 Å². The molecule has 0 radical (unpaired) electrons. The predicted octanol–water partition coefficient (Wildman–Crippen LogP) is 3.69. The highest BCUT2D eigenvalue weighted by atomic mass is 16.4. The zero-order valence-electron chi connectivity index (χ0n) is 15.8. The molecule has 3 aromatic rings. The van der Waals surface area contributed by atoms with Crippen molar-refractivity contribution in [2.24, 2.45) is 0 Å². The van der Waals surface area contributed by atoms with Gasteiger partial charge in [0.25, 0.3) is 0 Å². The summed E-state index contributed by atoms with van der Waals surface area (Å²) in [7, 11) is 0. The highest BCUT2D eigenvalue weighted by Crippen LogP contribution is 2.27. The van der Waals surface area contributed by atoms with Crippen molar-refractivity contribution in [3.63, 3.8) is 0 Å². The lowest BCUT2D eigenvalue weighted by Gasteiger charge is -2.24. The van der Waals surface area contributed by atoms with E-state index in [9.17, 15) is 9.90 Å². The number of para-hydroxylation sites is 1. The van der Waals surface area contributed by atoms with Crippen LogP contribution in [0.1, 0.15) is 52.8 Å². The van der Waals surface area contributed by atoms with Gasteiger partial charge in [-0.05, 0) is 44.2 Å². The Hall–Kier alpha value is -2.60. The van der Waals surface area contributed by atoms with Gasteiger partial charge in [-0.2, -0.15) is 5.10 Å². The van der Waals surface area contributed by atoms with E-state index in [0.29, 0.717) is 13.0 Å². The van der Waals surface area contributed by atoms with Crippen LogP contribution in [0.4, 0.5) is 0 Å². The van der Waals surface area contributed by atoms with Gasteiger partial charge in [0.1, 0.15) is 11.3 Å². The molecule has 142 valence electrons. The number of aryl methyl sites for hydroxylation is 2. The van der Waals surface area contributed by atoms with Crippen molar-refractivity contribution in [1.29, 1.82) is 0 Å². The lowest BCUT2D eigenvalue weighted by atomic mass is 9.91. The summed E-state index contributed by atoms with van der Waals surface area (Å²) in [6.07, 6.45) is 3.47. The number of aromatic nitrogens is 2. The van der Waals surface area contributed by atoms with Gasteiger partial charge in [0.15, 0.2) is 5.69 Å². The number of carbonyl (C=O) groups is 1. The fourth-order valence-electron chi connectivity index (χ4n) is 4.06. The first-order chi connectivity index (χ1) is 13.1. The SMILES string of the molecule is CCCn1nc(C(=O)O)c2c1CCC(NCc1oc3ccccc3c1C)C2. The molecule has 6 heteroatoms. The molecule has 2 aromatic heterocycles. The van der Waals surface area contributed by atoms with Crippen LogP contribution < -0.4 is 5.32 Å². The molecule has 2 N–H and O–H groups in total. The first kappa shape index (κ1) is 17.8. The highest BCUT2D eigenvalue weighted by molar-refractivity contribution is 5.87. The molecular weight excluding hydrogens is 342 g/mol. The molecule has 1 aliphatic carbocycles. The summed E-state index contributed by atoms with van der Waals surface area (Å²) >= 11 is 0. The van der Waals surface area contributed by atoms with Crippen LogP contribution in [0.2, 0.25) is 0 Å². The van der Waals surface area contributed by atoms with Crippen LogP contribution in [0, 0.1) is 6.92 Å². The van der Waals surface area contributed by atoms with Crippen molar-refractivity contribution in [1.82, 2.24) is 15.1 Å². The average molecular weight is 367 g/mol. The molecule has 0 saturated carbocycles. The zero-order chi connectivity index (χ0) is 19.0. The maximum atomic E-state index is 11.6. The first-order valence-corrected chi connectivity index (χ1v) is 9.60. The van der Waals surface area contributed by atoms with Crippen LogP contribution >= 0.6 is 0 Å². The van der Waals surface area contributed by atoms with Crippen LogP contribution in [-0.2, 0) is 25.9 Å². The third kappa shape index (κ3) is 3.25. The van der Waals surface area contributed by atoms with Crippen molar-refractivity contribution in [3.8, 4) is 0 Å². The second kappa shape index (κ2) is 7.19.